The van der Waals surface area contributed by atoms with E-state index in [-0.39, 0.29) is 30.8 Å². The molecule has 190 valence electrons. The highest BCUT2D eigenvalue weighted by atomic mass is 31.0. The van der Waals surface area contributed by atoms with Crippen LogP contribution in [0.2, 0.25) is 0 Å². The van der Waals surface area contributed by atoms with Gasteiger partial charge < -0.3 is 20.7 Å². The third-order valence-corrected chi connectivity index (χ3v) is 6.19. The van der Waals surface area contributed by atoms with Gasteiger partial charge in [0.15, 0.2) is 0 Å². The summed E-state index contributed by atoms with van der Waals surface area (Å²) in [4.78, 5) is 26.8. The van der Waals surface area contributed by atoms with Gasteiger partial charge in [-0.15, -0.1) is 13.2 Å². The number of carbonyl (C=O) groups excluding carboxylic acids is 1. The van der Waals surface area contributed by atoms with E-state index in [1.165, 1.54) is 52.4 Å². The minimum absolute atomic E-state index is 0.0200. The van der Waals surface area contributed by atoms with E-state index in [2.05, 4.69) is 25.0 Å². The van der Waals surface area contributed by atoms with Crippen molar-refractivity contribution in [3.8, 4) is 16.9 Å². The van der Waals surface area contributed by atoms with E-state index in [0.717, 1.165) is 12.1 Å². The van der Waals surface area contributed by atoms with E-state index in [9.17, 15) is 26.7 Å². The number of nitrogens with zero attached hydrogens (tertiary/aromatic N) is 4. The number of halogens is 5. The highest BCUT2D eigenvalue weighted by Crippen LogP contribution is 2.42. The third-order valence-electron chi connectivity index (χ3n) is 5.61. The van der Waals surface area contributed by atoms with Crippen molar-refractivity contribution in [1.82, 2.24) is 15.0 Å². The van der Waals surface area contributed by atoms with Gasteiger partial charge in [0.2, 0.25) is 0 Å². The zero-order valence-electron chi connectivity index (χ0n) is 18.5. The first-order valence-corrected chi connectivity index (χ1v) is 11.1. The smallest absolute Gasteiger partial charge is 0.406 e. The first-order valence-electron chi connectivity index (χ1n) is 10.5. The van der Waals surface area contributed by atoms with Crippen molar-refractivity contribution in [2.75, 3.05) is 23.3 Å². The molecule has 1 amide bonds. The van der Waals surface area contributed by atoms with Gasteiger partial charge in [0.05, 0.1) is 5.56 Å². The van der Waals surface area contributed by atoms with Crippen LogP contribution in [-0.2, 0) is 0 Å². The Morgan fingerprint density at radius 2 is 1.78 bits per heavy atom. The van der Waals surface area contributed by atoms with Crippen molar-refractivity contribution in [2.24, 2.45) is 5.73 Å². The van der Waals surface area contributed by atoms with Gasteiger partial charge in [-0.3, -0.25) is 4.79 Å². The number of amides is 1. The van der Waals surface area contributed by atoms with E-state index >= 15 is 0 Å². The summed E-state index contributed by atoms with van der Waals surface area (Å²) in [7, 11) is 1.49. The minimum atomic E-state index is -4.83. The van der Waals surface area contributed by atoms with Crippen LogP contribution in [0.5, 0.6) is 5.75 Å². The first-order chi connectivity index (χ1) is 16.8. The molecule has 2 atom stereocenters. The summed E-state index contributed by atoms with van der Waals surface area (Å²) >= 11 is 0. The van der Waals surface area contributed by atoms with Crippen molar-refractivity contribution in [3.05, 3.63) is 60.8 Å². The Hall–Kier alpha value is -3.44. The largest absolute Gasteiger partial charge is 0.573 e. The van der Waals surface area contributed by atoms with Gasteiger partial charge >= 0.3 is 6.36 Å². The van der Waals surface area contributed by atoms with Crippen molar-refractivity contribution >= 4 is 26.7 Å². The van der Waals surface area contributed by atoms with Gasteiger partial charge in [0.1, 0.15) is 23.4 Å². The topological polar surface area (TPSA) is 106 Å². The van der Waals surface area contributed by atoms with Crippen LogP contribution in [0.3, 0.4) is 0 Å². The number of hydrogen-bond donors (Lipinski definition) is 2. The maximum atomic E-state index is 14.1. The molecule has 1 aliphatic rings. The first kappa shape index (κ1) is 25.6. The van der Waals surface area contributed by atoms with Gasteiger partial charge in [-0.1, -0.05) is 9.24 Å². The number of carbonyl (C=O) groups is 1. The van der Waals surface area contributed by atoms with Crippen LogP contribution in [0.15, 0.2) is 55.2 Å². The van der Waals surface area contributed by atoms with E-state index in [1.54, 1.807) is 4.90 Å². The summed E-state index contributed by atoms with van der Waals surface area (Å²) in [6.07, 6.45) is 0.755. The van der Waals surface area contributed by atoms with Crippen LogP contribution in [0.1, 0.15) is 16.8 Å². The second kappa shape index (κ2) is 9.55. The molecule has 8 nitrogen and oxygen atoms in total. The van der Waals surface area contributed by atoms with E-state index in [1.807, 2.05) is 0 Å². The number of benzene rings is 1. The summed E-state index contributed by atoms with van der Waals surface area (Å²) in [6, 6.07) is 6.13. The van der Waals surface area contributed by atoms with Gasteiger partial charge in [0, 0.05) is 48.5 Å². The van der Waals surface area contributed by atoms with Gasteiger partial charge in [-0.05, 0) is 36.8 Å². The second-order valence-electron chi connectivity index (χ2n) is 8.20. The van der Waals surface area contributed by atoms with Gasteiger partial charge in [-0.2, -0.15) is 0 Å². The molecule has 0 bridgehead atoms. The van der Waals surface area contributed by atoms with E-state index in [4.69, 9.17) is 5.73 Å². The number of nitrogens with one attached hydrogen (secondary N) is 1. The Kier molecular flexibility index (Phi) is 6.80. The molecule has 3 aromatic rings. The number of anilines is 2. The van der Waals surface area contributed by atoms with Crippen molar-refractivity contribution < 1.29 is 31.5 Å². The molecule has 0 aliphatic carbocycles. The summed E-state index contributed by atoms with van der Waals surface area (Å²) < 4.78 is 69.0. The Morgan fingerprint density at radius 3 is 2.36 bits per heavy atom. The van der Waals surface area contributed by atoms with Crippen LogP contribution in [0.4, 0.5) is 33.5 Å². The Morgan fingerprint density at radius 1 is 1.11 bits per heavy atom. The van der Waals surface area contributed by atoms with Crippen molar-refractivity contribution in [3.63, 3.8) is 0 Å². The molecular weight excluding hydrogens is 506 g/mol. The van der Waals surface area contributed by atoms with E-state index < -0.39 is 29.2 Å². The molecule has 1 saturated heterocycles. The third kappa shape index (κ3) is 5.68. The summed E-state index contributed by atoms with van der Waals surface area (Å²) in [5, 5.41) is 2.57. The summed E-state index contributed by atoms with van der Waals surface area (Å²) in [5.74, 6) is -0.699. The maximum Gasteiger partial charge on any atom is 0.573 e. The standard InChI is InChI=1S/C22H20F5N6O2P/c23-21(24,36)20(28)5-6-33(11-20)18-17(14-8-29-12-30-9-14)7-13(10-31-18)19(34)32-15-1-3-16(4-2-15)35-22(25,26)27/h1-4,7-10,12H,5-6,11,28,36H2,(H,32,34). The Labute approximate surface area is 204 Å². The molecule has 2 aromatic heterocycles. The highest BCUT2D eigenvalue weighted by Gasteiger charge is 2.51. The Balaban J connectivity index is 1.60. The second-order valence-corrected chi connectivity index (χ2v) is 8.92. The zero-order valence-corrected chi connectivity index (χ0v) is 19.6. The molecule has 3 heterocycles. The molecule has 1 aliphatic heterocycles. The average molecular weight is 526 g/mol. The normalized spacial score (nSPS) is 18.2. The minimum Gasteiger partial charge on any atom is -0.406 e. The fourth-order valence-electron chi connectivity index (χ4n) is 3.71. The summed E-state index contributed by atoms with van der Waals surface area (Å²) in [5.41, 5.74) is 2.24. The Bertz CT molecular complexity index is 1240. The molecule has 0 radical (unpaired) electrons. The monoisotopic (exact) mass is 526 g/mol. The SMILES string of the molecule is NC1(C(F)(F)P)CCN(c2ncc(C(=O)Nc3ccc(OC(F)(F)F)cc3)cc2-c2cncnc2)C1. The maximum absolute atomic E-state index is 14.1. The molecular formula is C22H20F5N6O2P. The molecule has 36 heavy (non-hydrogen) atoms. The lowest BCUT2D eigenvalue weighted by atomic mass is 10.0. The van der Waals surface area contributed by atoms with Crippen LogP contribution in [0.25, 0.3) is 11.1 Å². The molecule has 3 N–H and O–H groups in total. The zero-order chi connectivity index (χ0) is 26.1. The molecule has 1 fully saturated rings. The molecule has 2 unspecified atom stereocenters. The number of hydrogen-bond acceptors (Lipinski definition) is 7. The van der Waals surface area contributed by atoms with Gasteiger partial charge in [-0.25, -0.2) is 23.7 Å². The van der Waals surface area contributed by atoms with Crippen LogP contribution < -0.4 is 20.7 Å². The lowest BCUT2D eigenvalue weighted by Gasteiger charge is -2.31. The van der Waals surface area contributed by atoms with Crippen LogP contribution in [-0.4, -0.2) is 51.5 Å². The summed E-state index contributed by atoms with van der Waals surface area (Å²) in [6.45, 7) is 0.0428. The fourth-order valence-corrected chi connectivity index (χ4v) is 3.95. The van der Waals surface area contributed by atoms with Crippen molar-refractivity contribution in [1.29, 1.82) is 0 Å². The molecule has 14 heteroatoms. The highest BCUT2D eigenvalue weighted by molar-refractivity contribution is 7.18. The molecule has 0 spiro atoms. The molecule has 4 rings (SSSR count). The number of nitrogens with two attached hydrogens (primary N) is 1. The predicted octanol–water partition coefficient (Wildman–Crippen LogP) is 4.07. The fraction of sp³-hybridized carbons (Fsp3) is 0.273. The number of aromatic nitrogens is 3. The lowest BCUT2D eigenvalue weighted by molar-refractivity contribution is -0.274. The predicted molar refractivity (Wildman–Crippen MR) is 125 cm³/mol. The number of pyridine rings is 1. The van der Waals surface area contributed by atoms with Gasteiger partial charge in [0.25, 0.3) is 11.6 Å². The number of alkyl halides is 5. The molecule has 0 saturated carbocycles. The number of ether oxygens (including phenoxy) is 1. The molecule has 1 aromatic carbocycles. The average Bonchev–Trinajstić information content (AvgIpc) is 3.23. The van der Waals surface area contributed by atoms with Crippen LogP contribution >= 0.6 is 9.24 Å². The van der Waals surface area contributed by atoms with E-state index in [0.29, 0.717) is 16.9 Å². The number of rotatable bonds is 6. The lowest BCUT2D eigenvalue weighted by Crippen LogP contribution is -2.54. The quantitative estimate of drug-likeness (QED) is 0.369. The van der Waals surface area contributed by atoms with Crippen molar-refractivity contribution in [2.45, 2.75) is 24.0 Å². The van der Waals surface area contributed by atoms with Crippen LogP contribution in [0, 0.1) is 0 Å².